The Morgan fingerprint density at radius 2 is 1.82 bits per heavy atom. The number of hydrogen-bond donors (Lipinski definition) is 1. The molecule has 0 saturated carbocycles. The van der Waals surface area contributed by atoms with Gasteiger partial charge >= 0.3 is 0 Å². The Kier molecular flexibility index (Phi) is 8.40. The van der Waals surface area contributed by atoms with Crippen molar-refractivity contribution in [3.8, 4) is 0 Å². The lowest BCUT2D eigenvalue weighted by atomic mass is 10.5. The van der Waals surface area contributed by atoms with Crippen LogP contribution >= 0.6 is 35.3 Å². The van der Waals surface area contributed by atoms with E-state index < -0.39 is 0 Å². The van der Waals surface area contributed by atoms with E-state index in [1.807, 2.05) is 4.90 Å². The first-order chi connectivity index (χ1) is 7.71. The van der Waals surface area contributed by atoms with Gasteiger partial charge in [-0.25, -0.2) is 4.99 Å². The van der Waals surface area contributed by atoms with Crippen molar-refractivity contribution in [1.29, 1.82) is 0 Å². The smallest absolute Gasteiger partial charge is 0.191 e. The molecule has 0 aromatic carbocycles. The van der Waals surface area contributed by atoms with Gasteiger partial charge in [-0.05, 0) is 20.3 Å². The number of guanidine groups is 1. The highest BCUT2D eigenvalue weighted by molar-refractivity contribution is 14.0. The van der Waals surface area contributed by atoms with Gasteiger partial charge in [0.2, 0.25) is 0 Å². The Morgan fingerprint density at radius 1 is 1.24 bits per heavy atom. The van der Waals surface area contributed by atoms with Crippen LogP contribution in [0.2, 0.25) is 0 Å². The molecule has 0 aliphatic rings. The Morgan fingerprint density at radius 3 is 2.29 bits per heavy atom. The van der Waals surface area contributed by atoms with Crippen LogP contribution < -0.4 is 5.73 Å². The third-order valence-corrected chi connectivity index (χ3v) is 3.33. The first-order valence-electron chi connectivity index (χ1n) is 5.57. The van der Waals surface area contributed by atoms with E-state index in [2.05, 4.69) is 36.0 Å². The molecule has 1 aromatic heterocycles. The number of nitrogens with two attached hydrogens (primary N) is 1. The molecule has 0 amide bonds. The van der Waals surface area contributed by atoms with Gasteiger partial charge in [-0.1, -0.05) is 18.3 Å². The lowest BCUT2D eigenvalue weighted by Gasteiger charge is -2.18. The molecule has 0 unspecified atom stereocenters. The van der Waals surface area contributed by atoms with Crippen molar-refractivity contribution in [2.45, 2.75) is 33.7 Å². The van der Waals surface area contributed by atoms with Crippen LogP contribution in [0.3, 0.4) is 0 Å². The zero-order valence-corrected chi connectivity index (χ0v) is 13.7. The first kappa shape index (κ1) is 16.6. The molecule has 1 rings (SSSR count). The van der Waals surface area contributed by atoms with Crippen molar-refractivity contribution in [3.63, 3.8) is 0 Å². The molecule has 7 heteroatoms. The Bertz CT molecular complexity index is 348. The average Bonchev–Trinajstić information content (AvgIpc) is 2.76. The topological polar surface area (TPSA) is 67.4 Å². The fourth-order valence-electron chi connectivity index (χ4n) is 1.29. The third-order valence-electron chi connectivity index (χ3n) is 2.27. The summed E-state index contributed by atoms with van der Waals surface area (Å²) in [6.45, 7) is 8.47. The Labute approximate surface area is 124 Å². The van der Waals surface area contributed by atoms with E-state index in [1.165, 1.54) is 0 Å². The summed E-state index contributed by atoms with van der Waals surface area (Å²) in [5, 5.41) is 10.1. The van der Waals surface area contributed by atoms with Crippen LogP contribution in [0.5, 0.6) is 0 Å². The van der Waals surface area contributed by atoms with Gasteiger partial charge < -0.3 is 10.6 Å². The van der Waals surface area contributed by atoms with Crippen LogP contribution in [0.4, 0.5) is 0 Å². The number of nitrogens with zero attached hydrogens (tertiary/aromatic N) is 4. The van der Waals surface area contributed by atoms with Crippen molar-refractivity contribution in [1.82, 2.24) is 15.1 Å². The normalized spacial score (nSPS) is 11.1. The molecule has 1 aromatic rings. The molecule has 17 heavy (non-hydrogen) atoms. The minimum atomic E-state index is 0. The Hall–Kier alpha value is -0.440. The summed E-state index contributed by atoms with van der Waals surface area (Å²) >= 11 is 1.60. The molecule has 0 atom stereocenters. The fraction of sp³-hybridized carbons (Fsp3) is 0.700. The van der Waals surface area contributed by atoms with Crippen molar-refractivity contribution >= 4 is 41.3 Å². The lowest BCUT2D eigenvalue weighted by molar-refractivity contribution is 0.458. The van der Waals surface area contributed by atoms with Gasteiger partial charge in [0.25, 0.3) is 0 Å². The average molecular weight is 369 g/mol. The summed E-state index contributed by atoms with van der Waals surface area (Å²) in [5.41, 5.74) is 5.86. The second-order valence-corrected chi connectivity index (χ2v) is 4.44. The molecule has 0 radical (unpaired) electrons. The maximum atomic E-state index is 5.86. The summed E-state index contributed by atoms with van der Waals surface area (Å²) in [6.07, 6.45) is 0.924. The third kappa shape index (κ3) is 5.15. The van der Waals surface area contributed by atoms with Crippen LogP contribution in [0, 0.1) is 0 Å². The van der Waals surface area contributed by atoms with E-state index in [1.54, 1.807) is 11.3 Å². The van der Waals surface area contributed by atoms with E-state index in [9.17, 15) is 0 Å². The number of hydrogen-bond acceptors (Lipinski definition) is 4. The largest absolute Gasteiger partial charge is 0.370 e. The number of rotatable bonds is 5. The molecular formula is C10H20IN5S. The highest BCUT2D eigenvalue weighted by atomic mass is 127. The summed E-state index contributed by atoms with van der Waals surface area (Å²) in [6, 6.07) is 0. The molecule has 5 nitrogen and oxygen atoms in total. The van der Waals surface area contributed by atoms with Crippen LogP contribution in [-0.4, -0.2) is 34.1 Å². The first-order valence-corrected chi connectivity index (χ1v) is 6.38. The minimum absolute atomic E-state index is 0. The van der Waals surface area contributed by atoms with Gasteiger partial charge in [0.1, 0.15) is 10.0 Å². The van der Waals surface area contributed by atoms with Crippen LogP contribution in [0.15, 0.2) is 4.99 Å². The summed E-state index contributed by atoms with van der Waals surface area (Å²) in [5.74, 6) is 0.582. The predicted molar refractivity (Wildman–Crippen MR) is 82.9 cm³/mol. The zero-order valence-electron chi connectivity index (χ0n) is 10.5. The van der Waals surface area contributed by atoms with Crippen molar-refractivity contribution in [3.05, 3.63) is 10.0 Å². The zero-order chi connectivity index (χ0) is 12.0. The van der Waals surface area contributed by atoms with Crippen LogP contribution in [0.25, 0.3) is 0 Å². The lowest BCUT2D eigenvalue weighted by Crippen LogP contribution is -2.37. The number of halogens is 1. The molecule has 1 heterocycles. The van der Waals surface area contributed by atoms with E-state index in [0.717, 1.165) is 29.5 Å². The second kappa shape index (κ2) is 8.62. The summed E-state index contributed by atoms with van der Waals surface area (Å²) in [4.78, 5) is 6.33. The molecule has 0 saturated heterocycles. The Balaban J connectivity index is 0.00000256. The number of aryl methyl sites for hydroxylation is 1. The molecule has 0 aliphatic carbocycles. The van der Waals surface area contributed by atoms with Gasteiger partial charge in [0.05, 0.1) is 6.54 Å². The second-order valence-electron chi connectivity index (χ2n) is 3.29. The van der Waals surface area contributed by atoms with Gasteiger partial charge in [-0.15, -0.1) is 34.2 Å². The molecule has 0 aliphatic heterocycles. The highest BCUT2D eigenvalue weighted by Gasteiger charge is 2.04. The number of aromatic nitrogens is 2. The van der Waals surface area contributed by atoms with Crippen molar-refractivity contribution in [2.24, 2.45) is 10.7 Å². The predicted octanol–water partition coefficient (Wildman–Crippen LogP) is 1.88. The van der Waals surface area contributed by atoms with Crippen LogP contribution in [-0.2, 0) is 13.0 Å². The standard InChI is InChI=1S/C10H19N5S.HI/c1-4-8-13-14-9(16-8)7-12-10(11)15(5-2)6-3;/h4-7H2,1-3H3,(H2,11,12);1H. The maximum absolute atomic E-state index is 5.86. The molecule has 0 bridgehead atoms. The van der Waals surface area contributed by atoms with E-state index in [4.69, 9.17) is 5.73 Å². The van der Waals surface area contributed by atoms with E-state index >= 15 is 0 Å². The minimum Gasteiger partial charge on any atom is -0.370 e. The molecule has 0 spiro atoms. The monoisotopic (exact) mass is 369 g/mol. The summed E-state index contributed by atoms with van der Waals surface area (Å²) < 4.78 is 0. The fourth-order valence-corrected chi connectivity index (χ4v) is 2.00. The quantitative estimate of drug-likeness (QED) is 0.489. The highest BCUT2D eigenvalue weighted by Crippen LogP contribution is 2.10. The molecular weight excluding hydrogens is 349 g/mol. The van der Waals surface area contributed by atoms with Gasteiger partial charge in [-0.3, -0.25) is 0 Å². The van der Waals surface area contributed by atoms with E-state index in [-0.39, 0.29) is 24.0 Å². The summed E-state index contributed by atoms with van der Waals surface area (Å²) in [7, 11) is 0. The van der Waals surface area contributed by atoms with Gasteiger partial charge in [-0.2, -0.15) is 0 Å². The molecule has 0 fully saturated rings. The molecule has 98 valence electrons. The van der Waals surface area contributed by atoms with E-state index in [0.29, 0.717) is 12.5 Å². The van der Waals surface area contributed by atoms with Crippen LogP contribution in [0.1, 0.15) is 30.8 Å². The van der Waals surface area contributed by atoms with Gasteiger partial charge in [0, 0.05) is 13.1 Å². The van der Waals surface area contributed by atoms with Gasteiger partial charge in [0.15, 0.2) is 5.96 Å². The number of aliphatic imine (C=N–C) groups is 1. The maximum Gasteiger partial charge on any atom is 0.191 e. The SMILES string of the molecule is CCc1nnc(CN=C(N)N(CC)CC)s1.I. The van der Waals surface area contributed by atoms with Crippen molar-refractivity contribution < 1.29 is 0 Å². The van der Waals surface area contributed by atoms with Crippen molar-refractivity contribution in [2.75, 3.05) is 13.1 Å². The molecule has 2 N–H and O–H groups in total.